The molecule has 6 heteroatoms. The van der Waals surface area contributed by atoms with Crippen molar-refractivity contribution in [2.24, 2.45) is 0 Å². The number of amides is 1. The lowest BCUT2D eigenvalue weighted by Gasteiger charge is -2.51. The van der Waals surface area contributed by atoms with Gasteiger partial charge in [0.2, 0.25) is 0 Å². The van der Waals surface area contributed by atoms with Crippen molar-refractivity contribution < 1.29 is 19.4 Å². The highest BCUT2D eigenvalue weighted by molar-refractivity contribution is 5.79. The number of fused-ring (bicyclic) bond motifs is 5. The largest absolute Gasteiger partial charge is 0.495 e. The van der Waals surface area contributed by atoms with Crippen LogP contribution in [0.2, 0.25) is 0 Å². The fourth-order valence-electron chi connectivity index (χ4n) is 6.72. The summed E-state index contributed by atoms with van der Waals surface area (Å²) in [4.78, 5) is 15.4. The Morgan fingerprint density at radius 1 is 1.03 bits per heavy atom. The van der Waals surface area contributed by atoms with Gasteiger partial charge in [0.25, 0.3) is 0 Å². The Morgan fingerprint density at radius 2 is 1.65 bits per heavy atom. The van der Waals surface area contributed by atoms with E-state index in [4.69, 9.17) is 9.47 Å². The summed E-state index contributed by atoms with van der Waals surface area (Å²) in [7, 11) is 1.53. The van der Waals surface area contributed by atoms with E-state index in [2.05, 4.69) is 30.3 Å². The van der Waals surface area contributed by atoms with E-state index in [1.165, 1.54) is 29.4 Å². The smallest absolute Gasteiger partial charge is 0.410 e. The maximum Gasteiger partial charge on any atom is 0.410 e. The zero-order valence-corrected chi connectivity index (χ0v) is 20.9. The topological polar surface area (TPSA) is 82.8 Å². The van der Waals surface area contributed by atoms with Crippen LogP contribution in [0.3, 0.4) is 0 Å². The second-order valence-corrected chi connectivity index (χ2v) is 10.4. The monoisotopic (exact) mass is 494 g/mol. The lowest BCUT2D eigenvalue weighted by molar-refractivity contribution is -0.0891. The van der Waals surface area contributed by atoms with Crippen LogP contribution in [0.15, 0.2) is 66.7 Å². The number of aliphatic hydroxyl groups is 1. The maximum atomic E-state index is 13.5. The van der Waals surface area contributed by atoms with Crippen molar-refractivity contribution in [3.05, 3.63) is 89.0 Å². The number of nitrogens with zero attached hydrogens (tertiary/aromatic N) is 2. The van der Waals surface area contributed by atoms with Gasteiger partial charge in [-0.05, 0) is 59.2 Å². The van der Waals surface area contributed by atoms with Gasteiger partial charge in [-0.15, -0.1) is 0 Å². The van der Waals surface area contributed by atoms with E-state index in [-0.39, 0.29) is 30.7 Å². The molecule has 3 aromatic carbocycles. The summed E-state index contributed by atoms with van der Waals surface area (Å²) in [6.07, 6.45) is 3.21. The Balaban J connectivity index is 1.21. The van der Waals surface area contributed by atoms with Crippen LogP contribution in [-0.4, -0.2) is 41.9 Å². The van der Waals surface area contributed by atoms with E-state index >= 15 is 0 Å². The number of ether oxygens (including phenoxy) is 2. The molecular weight excluding hydrogens is 464 g/mol. The van der Waals surface area contributed by atoms with Crippen LogP contribution in [0.5, 0.6) is 5.75 Å². The summed E-state index contributed by atoms with van der Waals surface area (Å²) in [5.74, 6) is 0.507. The Bertz CT molecular complexity index is 1330. The second kappa shape index (κ2) is 9.24. The standard InChI is InChI=1S/C31H30N2O4/c1-36-29-14-13-21(15-20(29)18-32)31(35)16-22-7-6-8-23(17-31)33(22)30(34)37-19-28-26-11-4-2-9-24(26)25-10-3-5-12-27(25)28/h2-5,9-15,22-23,28,35H,6-8,16-17,19H2,1H3. The number of methoxy groups -OCH3 is 1. The van der Waals surface area contributed by atoms with Gasteiger partial charge in [-0.3, -0.25) is 0 Å². The highest BCUT2D eigenvalue weighted by atomic mass is 16.6. The summed E-state index contributed by atoms with van der Waals surface area (Å²) in [5.41, 5.74) is 4.79. The van der Waals surface area contributed by atoms with Gasteiger partial charge < -0.3 is 19.5 Å². The van der Waals surface area contributed by atoms with Gasteiger partial charge in [0.15, 0.2) is 0 Å². The molecule has 2 bridgehead atoms. The van der Waals surface area contributed by atoms with E-state index < -0.39 is 5.60 Å². The molecule has 1 N–H and O–H groups in total. The van der Waals surface area contributed by atoms with Crippen LogP contribution in [0.25, 0.3) is 11.1 Å². The predicted octanol–water partition coefficient (Wildman–Crippen LogP) is 5.72. The molecule has 6 rings (SSSR count). The summed E-state index contributed by atoms with van der Waals surface area (Å²) in [5, 5.41) is 21.2. The minimum absolute atomic E-state index is 0.0154. The molecule has 2 atom stereocenters. The first-order valence-corrected chi connectivity index (χ1v) is 13.0. The average Bonchev–Trinajstić information content (AvgIpc) is 3.24. The van der Waals surface area contributed by atoms with Crippen molar-refractivity contribution in [3.63, 3.8) is 0 Å². The molecule has 0 radical (unpaired) electrons. The van der Waals surface area contributed by atoms with Gasteiger partial charge in [0, 0.05) is 30.8 Å². The molecule has 3 aliphatic rings. The van der Waals surface area contributed by atoms with Crippen LogP contribution in [-0.2, 0) is 10.3 Å². The lowest BCUT2D eigenvalue weighted by Crippen LogP contribution is -2.59. The van der Waals surface area contributed by atoms with Crippen molar-refractivity contribution in [3.8, 4) is 22.9 Å². The third kappa shape index (κ3) is 3.95. The Kier molecular flexibility index (Phi) is 5.89. The van der Waals surface area contributed by atoms with Crippen molar-refractivity contribution in [1.29, 1.82) is 5.26 Å². The Labute approximate surface area is 217 Å². The number of rotatable bonds is 4. The quantitative estimate of drug-likeness (QED) is 0.502. The van der Waals surface area contributed by atoms with Crippen molar-refractivity contribution in [1.82, 2.24) is 4.90 Å². The van der Waals surface area contributed by atoms with Gasteiger partial charge in [-0.1, -0.05) is 54.6 Å². The normalized spacial score (nSPS) is 24.1. The first-order valence-electron chi connectivity index (χ1n) is 13.0. The molecular formula is C31H30N2O4. The molecule has 6 nitrogen and oxygen atoms in total. The first-order chi connectivity index (χ1) is 18.0. The molecule has 188 valence electrons. The van der Waals surface area contributed by atoms with E-state index in [9.17, 15) is 15.2 Å². The molecule has 0 spiro atoms. The molecule has 1 amide bonds. The molecule has 3 aromatic rings. The van der Waals surface area contributed by atoms with Crippen molar-refractivity contribution in [2.75, 3.05) is 13.7 Å². The van der Waals surface area contributed by atoms with Gasteiger partial charge >= 0.3 is 6.09 Å². The van der Waals surface area contributed by atoms with E-state index in [0.717, 1.165) is 19.3 Å². The molecule has 0 aromatic heterocycles. The number of carbonyl (C=O) groups excluding carboxylic acids is 1. The fraction of sp³-hybridized carbons (Fsp3) is 0.355. The molecule has 2 fully saturated rings. The molecule has 1 aliphatic carbocycles. The Morgan fingerprint density at radius 3 is 2.24 bits per heavy atom. The predicted molar refractivity (Wildman–Crippen MR) is 139 cm³/mol. The van der Waals surface area contributed by atoms with Crippen LogP contribution < -0.4 is 4.74 Å². The highest BCUT2D eigenvalue weighted by Crippen LogP contribution is 2.47. The molecule has 2 saturated heterocycles. The molecule has 2 heterocycles. The van der Waals surface area contributed by atoms with E-state index in [1.54, 1.807) is 12.1 Å². The summed E-state index contributed by atoms with van der Waals surface area (Å²) in [6.45, 7) is 0.289. The van der Waals surface area contributed by atoms with E-state index in [1.807, 2.05) is 35.2 Å². The summed E-state index contributed by atoms with van der Waals surface area (Å²) in [6, 6.07) is 23.9. The number of hydrogen-bond acceptors (Lipinski definition) is 5. The molecule has 2 unspecified atom stereocenters. The SMILES string of the molecule is COc1ccc(C2(O)CC3CCCC(C2)N3C(=O)OCC2c3ccccc3-c3ccccc32)cc1C#N. The molecule has 2 aliphatic heterocycles. The third-order valence-electron chi connectivity index (χ3n) is 8.41. The van der Waals surface area contributed by atoms with Crippen LogP contribution >= 0.6 is 0 Å². The van der Waals surface area contributed by atoms with Gasteiger partial charge in [0.1, 0.15) is 18.4 Å². The van der Waals surface area contributed by atoms with Crippen LogP contribution in [0.1, 0.15) is 60.3 Å². The minimum atomic E-state index is -1.10. The zero-order chi connectivity index (χ0) is 25.6. The highest BCUT2D eigenvalue weighted by Gasteiger charge is 2.49. The van der Waals surface area contributed by atoms with Crippen molar-refractivity contribution in [2.45, 2.75) is 55.7 Å². The Hall–Kier alpha value is -3.82. The first kappa shape index (κ1) is 23.6. The number of piperidine rings is 2. The minimum Gasteiger partial charge on any atom is -0.495 e. The van der Waals surface area contributed by atoms with Gasteiger partial charge in [-0.2, -0.15) is 5.26 Å². The summed E-state index contributed by atoms with van der Waals surface area (Å²) >= 11 is 0. The molecule has 37 heavy (non-hydrogen) atoms. The number of nitriles is 1. The maximum absolute atomic E-state index is 13.5. The number of hydrogen-bond donors (Lipinski definition) is 1. The van der Waals surface area contributed by atoms with Crippen LogP contribution in [0.4, 0.5) is 4.79 Å². The number of carbonyl (C=O) groups is 1. The fourth-order valence-corrected chi connectivity index (χ4v) is 6.72. The van der Waals surface area contributed by atoms with E-state index in [0.29, 0.717) is 29.7 Å². The third-order valence-corrected chi connectivity index (χ3v) is 8.41. The lowest BCUT2D eigenvalue weighted by atomic mass is 9.72. The van der Waals surface area contributed by atoms with Crippen molar-refractivity contribution >= 4 is 6.09 Å². The van der Waals surface area contributed by atoms with Gasteiger partial charge in [-0.25, -0.2) is 4.79 Å². The number of benzene rings is 3. The van der Waals surface area contributed by atoms with Crippen LogP contribution in [0, 0.1) is 11.3 Å². The summed E-state index contributed by atoms with van der Waals surface area (Å²) < 4.78 is 11.3. The second-order valence-electron chi connectivity index (χ2n) is 10.4. The van der Waals surface area contributed by atoms with Gasteiger partial charge in [0.05, 0.1) is 18.3 Å². The average molecular weight is 495 g/mol. The molecule has 0 saturated carbocycles. The zero-order valence-electron chi connectivity index (χ0n) is 20.9.